The van der Waals surface area contributed by atoms with Crippen LogP contribution in [0, 0.1) is 0 Å². The zero-order chi connectivity index (χ0) is 15.4. The zero-order valence-corrected chi connectivity index (χ0v) is 12.4. The summed E-state index contributed by atoms with van der Waals surface area (Å²) in [4.78, 5) is 15.9. The number of aromatic nitrogens is 2. The third-order valence-electron chi connectivity index (χ3n) is 3.64. The number of ketones is 1. The van der Waals surface area contributed by atoms with Crippen molar-refractivity contribution in [3.05, 3.63) is 41.5 Å². The molecule has 6 nitrogen and oxygen atoms in total. The fraction of sp³-hybridized carbons (Fsp3) is 0.438. The zero-order valence-electron chi connectivity index (χ0n) is 12.4. The molecular formula is C16H18N2O4. The number of carbonyl (C=O) groups excluding carboxylic acids is 1. The summed E-state index contributed by atoms with van der Waals surface area (Å²) in [7, 11) is 0. The molecular weight excluding hydrogens is 284 g/mol. The predicted octanol–water partition coefficient (Wildman–Crippen LogP) is 2.75. The Kier molecular flexibility index (Phi) is 4.48. The highest BCUT2D eigenvalue weighted by molar-refractivity contribution is 5.95. The van der Waals surface area contributed by atoms with Crippen LogP contribution >= 0.6 is 0 Å². The van der Waals surface area contributed by atoms with Gasteiger partial charge in [0.25, 0.3) is 5.89 Å². The van der Waals surface area contributed by atoms with Crippen molar-refractivity contribution in [2.45, 2.75) is 32.3 Å². The second kappa shape index (κ2) is 6.70. The van der Waals surface area contributed by atoms with Crippen LogP contribution < -0.4 is 4.74 Å². The molecule has 0 unspecified atom stereocenters. The number of Topliss-reactive ketones (excluding diaryl/α,β-unsaturated/α-hetero) is 1. The van der Waals surface area contributed by atoms with Crippen molar-refractivity contribution in [1.82, 2.24) is 10.1 Å². The lowest BCUT2D eigenvalue weighted by Crippen LogP contribution is -2.01. The standard InChI is InChI=1S/C16H18N2O4/c1-2-14(19)11-3-5-13(6-4-11)21-10-15-17-16(18-22-15)12-7-8-20-9-12/h3-6,12H,2,7-10H2,1H3/t12-/m1/s1. The summed E-state index contributed by atoms with van der Waals surface area (Å²) in [5.74, 6) is 2.12. The SMILES string of the molecule is CCC(=O)c1ccc(OCc2nc([C@@H]3CCOC3)no2)cc1. The van der Waals surface area contributed by atoms with Crippen molar-refractivity contribution in [3.8, 4) is 5.75 Å². The summed E-state index contributed by atoms with van der Waals surface area (Å²) in [6, 6.07) is 7.06. The molecule has 1 aromatic heterocycles. The maximum Gasteiger partial charge on any atom is 0.264 e. The minimum Gasteiger partial charge on any atom is -0.484 e. The number of carbonyl (C=O) groups is 1. The summed E-state index contributed by atoms with van der Waals surface area (Å²) in [5, 5.41) is 3.97. The van der Waals surface area contributed by atoms with Crippen LogP contribution in [0.2, 0.25) is 0 Å². The fourth-order valence-corrected chi connectivity index (χ4v) is 2.32. The Hall–Kier alpha value is -2.21. The smallest absolute Gasteiger partial charge is 0.264 e. The highest BCUT2D eigenvalue weighted by Crippen LogP contribution is 2.22. The van der Waals surface area contributed by atoms with Gasteiger partial charge in [-0.3, -0.25) is 4.79 Å². The second-order valence-corrected chi connectivity index (χ2v) is 5.20. The molecule has 2 heterocycles. The third-order valence-corrected chi connectivity index (χ3v) is 3.64. The molecule has 1 atom stereocenters. The van der Waals surface area contributed by atoms with Gasteiger partial charge in [0.05, 0.1) is 6.61 Å². The van der Waals surface area contributed by atoms with Gasteiger partial charge in [0.15, 0.2) is 18.2 Å². The van der Waals surface area contributed by atoms with Crippen LogP contribution in [0.15, 0.2) is 28.8 Å². The molecule has 3 rings (SSSR count). The Morgan fingerprint density at radius 3 is 2.86 bits per heavy atom. The topological polar surface area (TPSA) is 74.5 Å². The van der Waals surface area contributed by atoms with E-state index in [0.717, 1.165) is 13.0 Å². The van der Waals surface area contributed by atoms with E-state index in [4.69, 9.17) is 14.0 Å². The van der Waals surface area contributed by atoms with Gasteiger partial charge in [0.1, 0.15) is 5.75 Å². The molecule has 2 aromatic rings. The Morgan fingerprint density at radius 2 is 2.18 bits per heavy atom. The summed E-state index contributed by atoms with van der Waals surface area (Å²) in [6.45, 7) is 3.44. The van der Waals surface area contributed by atoms with Gasteiger partial charge < -0.3 is 14.0 Å². The molecule has 0 saturated carbocycles. The number of benzene rings is 1. The van der Waals surface area contributed by atoms with Crippen molar-refractivity contribution in [2.75, 3.05) is 13.2 Å². The summed E-state index contributed by atoms with van der Waals surface area (Å²) in [6.07, 6.45) is 1.42. The van der Waals surface area contributed by atoms with Gasteiger partial charge in [-0.25, -0.2) is 0 Å². The molecule has 0 spiro atoms. The lowest BCUT2D eigenvalue weighted by atomic mass is 10.1. The first-order valence-electron chi connectivity index (χ1n) is 7.42. The lowest BCUT2D eigenvalue weighted by Gasteiger charge is -2.04. The molecule has 22 heavy (non-hydrogen) atoms. The van der Waals surface area contributed by atoms with Gasteiger partial charge in [0, 0.05) is 24.5 Å². The molecule has 116 valence electrons. The van der Waals surface area contributed by atoms with E-state index in [9.17, 15) is 4.79 Å². The van der Waals surface area contributed by atoms with Crippen molar-refractivity contribution < 1.29 is 18.8 Å². The first kappa shape index (κ1) is 14.7. The van der Waals surface area contributed by atoms with Gasteiger partial charge >= 0.3 is 0 Å². The molecule has 1 aromatic carbocycles. The monoisotopic (exact) mass is 302 g/mol. The molecule has 1 aliphatic heterocycles. The van der Waals surface area contributed by atoms with Crippen LogP contribution in [0.3, 0.4) is 0 Å². The van der Waals surface area contributed by atoms with Crippen LogP contribution in [0.4, 0.5) is 0 Å². The van der Waals surface area contributed by atoms with E-state index in [-0.39, 0.29) is 18.3 Å². The van der Waals surface area contributed by atoms with Gasteiger partial charge in [-0.15, -0.1) is 0 Å². The number of nitrogens with zero attached hydrogens (tertiary/aromatic N) is 2. The number of rotatable bonds is 6. The average Bonchev–Trinajstić information content (AvgIpc) is 3.23. The van der Waals surface area contributed by atoms with E-state index in [1.165, 1.54) is 0 Å². The van der Waals surface area contributed by atoms with E-state index < -0.39 is 0 Å². The van der Waals surface area contributed by atoms with Crippen LogP contribution in [-0.4, -0.2) is 29.1 Å². The maximum absolute atomic E-state index is 11.5. The Balaban J connectivity index is 1.57. The Morgan fingerprint density at radius 1 is 1.36 bits per heavy atom. The van der Waals surface area contributed by atoms with Crippen molar-refractivity contribution in [1.29, 1.82) is 0 Å². The van der Waals surface area contributed by atoms with Crippen LogP contribution in [0.5, 0.6) is 5.75 Å². The van der Waals surface area contributed by atoms with Crippen LogP contribution in [0.25, 0.3) is 0 Å². The van der Waals surface area contributed by atoms with Gasteiger partial charge in [-0.05, 0) is 30.7 Å². The summed E-state index contributed by atoms with van der Waals surface area (Å²) < 4.78 is 16.1. The predicted molar refractivity (Wildman–Crippen MR) is 77.9 cm³/mol. The van der Waals surface area contributed by atoms with Crippen LogP contribution in [-0.2, 0) is 11.3 Å². The summed E-state index contributed by atoms with van der Waals surface area (Å²) >= 11 is 0. The number of hydrogen-bond donors (Lipinski definition) is 0. The summed E-state index contributed by atoms with van der Waals surface area (Å²) in [5.41, 5.74) is 0.691. The minimum atomic E-state index is 0.117. The molecule has 1 fully saturated rings. The quantitative estimate of drug-likeness (QED) is 0.764. The average molecular weight is 302 g/mol. The van der Waals surface area contributed by atoms with E-state index in [2.05, 4.69) is 10.1 Å². The molecule has 1 saturated heterocycles. The van der Waals surface area contributed by atoms with E-state index in [1.807, 2.05) is 6.92 Å². The fourth-order valence-electron chi connectivity index (χ4n) is 2.32. The highest BCUT2D eigenvalue weighted by atomic mass is 16.5. The largest absolute Gasteiger partial charge is 0.484 e. The van der Waals surface area contributed by atoms with Crippen molar-refractivity contribution in [3.63, 3.8) is 0 Å². The molecule has 6 heteroatoms. The molecule has 0 amide bonds. The second-order valence-electron chi connectivity index (χ2n) is 5.20. The lowest BCUT2D eigenvalue weighted by molar-refractivity contribution is 0.0988. The molecule has 0 aliphatic carbocycles. The molecule has 1 aliphatic rings. The first-order chi connectivity index (χ1) is 10.8. The molecule has 0 bridgehead atoms. The third kappa shape index (κ3) is 3.33. The molecule has 0 N–H and O–H groups in total. The maximum atomic E-state index is 11.5. The van der Waals surface area contributed by atoms with Crippen molar-refractivity contribution >= 4 is 5.78 Å². The van der Waals surface area contributed by atoms with Gasteiger partial charge in [0.2, 0.25) is 0 Å². The number of hydrogen-bond acceptors (Lipinski definition) is 6. The normalized spacial score (nSPS) is 17.6. The Bertz CT molecular complexity index is 630. The van der Waals surface area contributed by atoms with E-state index in [1.54, 1.807) is 24.3 Å². The van der Waals surface area contributed by atoms with E-state index >= 15 is 0 Å². The van der Waals surface area contributed by atoms with Gasteiger partial charge in [-0.2, -0.15) is 4.98 Å². The molecule has 0 radical (unpaired) electrons. The minimum absolute atomic E-state index is 0.117. The number of ether oxygens (including phenoxy) is 2. The van der Waals surface area contributed by atoms with Crippen LogP contribution in [0.1, 0.15) is 47.8 Å². The van der Waals surface area contributed by atoms with Gasteiger partial charge in [-0.1, -0.05) is 12.1 Å². The Labute approximate surface area is 128 Å². The van der Waals surface area contributed by atoms with Crippen molar-refractivity contribution in [2.24, 2.45) is 0 Å². The van der Waals surface area contributed by atoms with E-state index in [0.29, 0.717) is 36.1 Å². The first-order valence-corrected chi connectivity index (χ1v) is 7.42. The highest BCUT2D eigenvalue weighted by Gasteiger charge is 2.23.